The van der Waals surface area contributed by atoms with Crippen LogP contribution in [0.3, 0.4) is 0 Å². The summed E-state index contributed by atoms with van der Waals surface area (Å²) < 4.78 is 8.70. The molecule has 1 aromatic carbocycles. The molecule has 0 bridgehead atoms. The van der Waals surface area contributed by atoms with Crippen molar-refractivity contribution in [2.24, 2.45) is 0 Å². The topological polar surface area (TPSA) is 82.2 Å². The summed E-state index contributed by atoms with van der Waals surface area (Å²) in [6, 6.07) is 9.64. The third-order valence-corrected chi connectivity index (χ3v) is 3.83. The van der Waals surface area contributed by atoms with Gasteiger partial charge in [0.05, 0.1) is 31.2 Å². The van der Waals surface area contributed by atoms with Gasteiger partial charge >= 0.3 is 0 Å². The summed E-state index contributed by atoms with van der Waals surface area (Å²) in [5.74, 6) is 1.57. The molecule has 0 saturated heterocycles. The van der Waals surface area contributed by atoms with E-state index >= 15 is 0 Å². The minimum atomic E-state index is 0.521. The van der Waals surface area contributed by atoms with Crippen LogP contribution >= 0.6 is 0 Å². The Hall–Kier alpha value is -3.42. The number of methoxy groups -OCH3 is 1. The monoisotopic (exact) mass is 335 g/mol. The lowest BCUT2D eigenvalue weighted by Gasteiger charge is -2.04. The normalized spacial score (nSPS) is 11.0. The molecule has 4 aromatic rings. The molecule has 8 heteroatoms. The van der Waals surface area contributed by atoms with E-state index in [9.17, 15) is 0 Å². The van der Waals surface area contributed by atoms with Crippen LogP contribution in [0.2, 0.25) is 0 Å². The second-order valence-corrected chi connectivity index (χ2v) is 5.60. The lowest BCUT2D eigenvalue weighted by Crippen LogP contribution is -2.03. The van der Waals surface area contributed by atoms with Gasteiger partial charge in [-0.2, -0.15) is 5.10 Å². The quantitative estimate of drug-likeness (QED) is 0.602. The highest BCUT2D eigenvalue weighted by atomic mass is 16.5. The predicted molar refractivity (Wildman–Crippen MR) is 93.0 cm³/mol. The van der Waals surface area contributed by atoms with E-state index in [1.807, 2.05) is 49.6 Å². The van der Waals surface area contributed by atoms with E-state index in [0.717, 1.165) is 34.2 Å². The fourth-order valence-corrected chi connectivity index (χ4v) is 2.60. The number of benzene rings is 1. The Kier molecular flexibility index (Phi) is 3.77. The van der Waals surface area contributed by atoms with Crippen LogP contribution < -0.4 is 10.1 Å². The van der Waals surface area contributed by atoms with Crippen LogP contribution in [0, 0.1) is 6.92 Å². The Labute approximate surface area is 144 Å². The summed E-state index contributed by atoms with van der Waals surface area (Å²) in [7, 11) is 1.64. The van der Waals surface area contributed by atoms with Crippen LogP contribution in [0.4, 0.5) is 5.82 Å². The highest BCUT2D eigenvalue weighted by molar-refractivity contribution is 5.67. The number of hydrogen-bond acceptors (Lipinski definition) is 6. The van der Waals surface area contributed by atoms with Crippen molar-refractivity contribution in [1.29, 1.82) is 0 Å². The smallest absolute Gasteiger partial charge is 0.152 e. The minimum absolute atomic E-state index is 0.521. The molecule has 0 fully saturated rings. The summed E-state index contributed by atoms with van der Waals surface area (Å²) in [6.45, 7) is 2.48. The second kappa shape index (κ2) is 6.23. The van der Waals surface area contributed by atoms with Gasteiger partial charge in [-0.3, -0.25) is 0 Å². The summed E-state index contributed by atoms with van der Waals surface area (Å²) in [4.78, 5) is 4.38. The average molecular weight is 335 g/mol. The van der Waals surface area contributed by atoms with Crippen molar-refractivity contribution in [1.82, 2.24) is 29.6 Å². The van der Waals surface area contributed by atoms with Crippen LogP contribution in [-0.4, -0.2) is 36.7 Å². The van der Waals surface area contributed by atoms with E-state index in [0.29, 0.717) is 6.54 Å². The third-order valence-electron chi connectivity index (χ3n) is 3.83. The molecular weight excluding hydrogens is 318 g/mol. The Balaban J connectivity index is 1.50. The molecule has 3 heterocycles. The highest BCUT2D eigenvalue weighted by Crippen LogP contribution is 2.16. The zero-order chi connectivity index (χ0) is 17.2. The average Bonchev–Trinajstić information content (AvgIpc) is 3.26. The number of rotatable bonds is 5. The summed E-state index contributed by atoms with van der Waals surface area (Å²) in [5.41, 5.74) is 3.62. The van der Waals surface area contributed by atoms with Crippen LogP contribution in [0.25, 0.3) is 11.2 Å². The third kappa shape index (κ3) is 3.01. The molecule has 3 aromatic heterocycles. The molecule has 4 rings (SSSR count). The van der Waals surface area contributed by atoms with Crippen molar-refractivity contribution < 1.29 is 4.74 Å². The van der Waals surface area contributed by atoms with Crippen molar-refractivity contribution >= 4 is 11.3 Å². The van der Waals surface area contributed by atoms with E-state index in [-0.39, 0.29) is 0 Å². The molecule has 126 valence electrons. The highest BCUT2D eigenvalue weighted by Gasteiger charge is 2.07. The van der Waals surface area contributed by atoms with Crippen molar-refractivity contribution in [3.05, 3.63) is 60.3 Å². The van der Waals surface area contributed by atoms with Gasteiger partial charge in [0.15, 0.2) is 5.82 Å². The molecule has 0 amide bonds. The maximum atomic E-state index is 5.17. The number of fused-ring (bicyclic) bond motifs is 1. The first kappa shape index (κ1) is 15.1. The Morgan fingerprint density at radius 1 is 1.20 bits per heavy atom. The summed E-state index contributed by atoms with van der Waals surface area (Å²) >= 11 is 0. The lowest BCUT2D eigenvalue weighted by atomic mass is 10.3. The van der Waals surface area contributed by atoms with Gasteiger partial charge in [0.25, 0.3) is 0 Å². The molecule has 0 aliphatic heterocycles. The molecule has 1 N–H and O–H groups in total. The van der Waals surface area contributed by atoms with E-state index < -0.39 is 0 Å². The van der Waals surface area contributed by atoms with E-state index in [1.54, 1.807) is 22.5 Å². The van der Waals surface area contributed by atoms with Gasteiger partial charge in [0.2, 0.25) is 0 Å². The van der Waals surface area contributed by atoms with Crippen molar-refractivity contribution in [2.45, 2.75) is 13.5 Å². The molecule has 0 aliphatic rings. The number of ether oxygens (including phenoxy) is 1. The van der Waals surface area contributed by atoms with Gasteiger partial charge in [-0.05, 0) is 37.3 Å². The van der Waals surface area contributed by atoms with Crippen LogP contribution in [0.1, 0.15) is 11.4 Å². The van der Waals surface area contributed by atoms with Gasteiger partial charge in [0.1, 0.15) is 17.0 Å². The molecule has 0 spiro atoms. The number of aryl methyl sites for hydroxylation is 1. The zero-order valence-electron chi connectivity index (χ0n) is 13.9. The van der Waals surface area contributed by atoms with Crippen molar-refractivity contribution in [2.75, 3.05) is 12.4 Å². The van der Waals surface area contributed by atoms with E-state index in [4.69, 9.17) is 4.74 Å². The number of aromatic nitrogens is 6. The first-order valence-corrected chi connectivity index (χ1v) is 7.83. The van der Waals surface area contributed by atoms with Gasteiger partial charge in [-0.1, -0.05) is 5.21 Å². The van der Waals surface area contributed by atoms with Gasteiger partial charge < -0.3 is 10.1 Å². The van der Waals surface area contributed by atoms with E-state index in [2.05, 4.69) is 25.7 Å². The molecule has 0 atom stereocenters. The summed E-state index contributed by atoms with van der Waals surface area (Å²) in [5, 5.41) is 16.0. The second-order valence-electron chi connectivity index (χ2n) is 5.60. The molecular formula is C17H17N7O. The fourth-order valence-electron chi connectivity index (χ4n) is 2.60. The Morgan fingerprint density at radius 2 is 2.04 bits per heavy atom. The zero-order valence-corrected chi connectivity index (χ0v) is 13.9. The van der Waals surface area contributed by atoms with Crippen molar-refractivity contribution in [3.63, 3.8) is 0 Å². The molecule has 0 unspecified atom stereocenters. The number of anilines is 1. The lowest BCUT2D eigenvalue weighted by molar-refractivity contribution is 0.414. The maximum absolute atomic E-state index is 5.17. The largest absolute Gasteiger partial charge is 0.497 e. The molecule has 0 aliphatic carbocycles. The number of hydrogen-bond donors (Lipinski definition) is 1. The standard InChI is InChI=1S/C17H17N7O/c1-12-9-16-17(18-7-8-23(16)21-12)19-10-13-11-24(22-20-13)14-3-5-15(25-2)6-4-14/h3-9,11H,10H2,1-2H3,(H,18,19). The predicted octanol–water partition coefficient (Wildman–Crippen LogP) is 2.24. The summed E-state index contributed by atoms with van der Waals surface area (Å²) in [6.07, 6.45) is 5.43. The minimum Gasteiger partial charge on any atom is -0.497 e. The van der Waals surface area contributed by atoms with Gasteiger partial charge in [0, 0.05) is 12.4 Å². The van der Waals surface area contributed by atoms with Gasteiger partial charge in [-0.25, -0.2) is 14.2 Å². The number of nitrogens with one attached hydrogen (secondary N) is 1. The van der Waals surface area contributed by atoms with Crippen LogP contribution in [-0.2, 0) is 6.54 Å². The van der Waals surface area contributed by atoms with Crippen molar-refractivity contribution in [3.8, 4) is 11.4 Å². The molecule has 0 saturated carbocycles. The first-order chi connectivity index (χ1) is 12.2. The fraction of sp³-hybridized carbons (Fsp3) is 0.176. The van der Waals surface area contributed by atoms with Gasteiger partial charge in [-0.15, -0.1) is 5.10 Å². The Bertz CT molecular complexity index is 1000. The van der Waals surface area contributed by atoms with Crippen LogP contribution in [0.5, 0.6) is 5.75 Å². The Morgan fingerprint density at radius 3 is 2.84 bits per heavy atom. The SMILES string of the molecule is COc1ccc(-n2cc(CNc3nccn4nc(C)cc34)nn2)cc1. The molecule has 25 heavy (non-hydrogen) atoms. The van der Waals surface area contributed by atoms with E-state index in [1.165, 1.54) is 0 Å². The molecule has 8 nitrogen and oxygen atoms in total. The first-order valence-electron chi connectivity index (χ1n) is 7.83. The van der Waals surface area contributed by atoms with Crippen LogP contribution in [0.15, 0.2) is 48.9 Å². The maximum Gasteiger partial charge on any atom is 0.152 e. The molecule has 0 radical (unpaired) electrons. The number of nitrogens with zero attached hydrogens (tertiary/aromatic N) is 6.